The molecule has 0 unspecified atom stereocenters. The van der Waals surface area contributed by atoms with Crippen LogP contribution in [0.5, 0.6) is 0 Å². The van der Waals surface area contributed by atoms with Crippen LogP contribution in [-0.2, 0) is 9.84 Å². The average molecular weight is 289 g/mol. The van der Waals surface area contributed by atoms with Gasteiger partial charge in [0.25, 0.3) is 0 Å². The summed E-state index contributed by atoms with van der Waals surface area (Å²) in [6.45, 7) is 1.97. The zero-order chi connectivity index (χ0) is 14.6. The second kappa shape index (κ2) is 6.09. The van der Waals surface area contributed by atoms with E-state index in [2.05, 4.69) is 0 Å². The number of unbranched alkanes of at least 4 members (excludes halogenated alkanes) is 1. The van der Waals surface area contributed by atoms with Gasteiger partial charge in [0.1, 0.15) is 0 Å². The van der Waals surface area contributed by atoms with E-state index >= 15 is 0 Å². The molecule has 2 aromatic carbocycles. The van der Waals surface area contributed by atoms with Gasteiger partial charge >= 0.3 is 0 Å². The minimum absolute atomic E-state index is 0.151. The van der Waals surface area contributed by atoms with E-state index in [1.54, 1.807) is 12.1 Å². The molecule has 0 aliphatic heterocycles. The largest absolute Gasteiger partial charge is 0.398 e. The second-order valence-corrected chi connectivity index (χ2v) is 6.87. The molecule has 0 saturated carbocycles. The van der Waals surface area contributed by atoms with Gasteiger partial charge in [-0.1, -0.05) is 49.7 Å². The summed E-state index contributed by atoms with van der Waals surface area (Å²) >= 11 is 0. The fourth-order valence-corrected chi connectivity index (χ4v) is 3.67. The highest BCUT2D eigenvalue weighted by atomic mass is 32.2. The topological polar surface area (TPSA) is 60.2 Å². The second-order valence-electron chi connectivity index (χ2n) is 4.79. The number of rotatable bonds is 5. The first-order valence-corrected chi connectivity index (χ1v) is 8.37. The lowest BCUT2D eigenvalue weighted by molar-refractivity contribution is 0.593. The van der Waals surface area contributed by atoms with E-state index in [-0.39, 0.29) is 10.6 Å². The number of benzene rings is 2. The third kappa shape index (κ3) is 3.20. The number of nitrogen functional groups attached to an aromatic ring is 1. The number of anilines is 1. The van der Waals surface area contributed by atoms with Crippen molar-refractivity contribution in [3.05, 3.63) is 48.5 Å². The molecular formula is C16H19NO2S. The Balaban J connectivity index is 2.36. The van der Waals surface area contributed by atoms with Crippen LogP contribution < -0.4 is 5.73 Å². The smallest absolute Gasteiger partial charge is 0.180 e. The van der Waals surface area contributed by atoms with E-state index < -0.39 is 9.84 Å². The molecule has 2 N–H and O–H groups in total. The Bertz CT molecular complexity index is 679. The zero-order valence-corrected chi connectivity index (χ0v) is 12.4. The zero-order valence-electron chi connectivity index (χ0n) is 11.5. The molecule has 0 fully saturated rings. The first kappa shape index (κ1) is 14.6. The molecule has 20 heavy (non-hydrogen) atoms. The van der Waals surface area contributed by atoms with E-state index in [9.17, 15) is 8.42 Å². The van der Waals surface area contributed by atoms with Crippen molar-refractivity contribution in [2.24, 2.45) is 0 Å². The van der Waals surface area contributed by atoms with E-state index in [0.717, 1.165) is 17.5 Å². The summed E-state index contributed by atoms with van der Waals surface area (Å²) in [6, 6.07) is 14.9. The van der Waals surface area contributed by atoms with Gasteiger partial charge in [-0.05, 0) is 29.7 Å². The van der Waals surface area contributed by atoms with E-state index in [0.29, 0.717) is 12.1 Å². The van der Waals surface area contributed by atoms with Gasteiger partial charge < -0.3 is 5.73 Å². The summed E-state index contributed by atoms with van der Waals surface area (Å²) in [4.78, 5) is 0.241. The average Bonchev–Trinajstić information content (AvgIpc) is 2.46. The van der Waals surface area contributed by atoms with Crippen LogP contribution in [-0.4, -0.2) is 14.2 Å². The first-order valence-electron chi connectivity index (χ1n) is 6.72. The highest BCUT2D eigenvalue weighted by Gasteiger charge is 2.17. The van der Waals surface area contributed by atoms with Crippen LogP contribution in [0, 0.1) is 0 Å². The van der Waals surface area contributed by atoms with Gasteiger partial charge in [0.15, 0.2) is 9.84 Å². The Kier molecular flexibility index (Phi) is 4.45. The van der Waals surface area contributed by atoms with E-state index in [4.69, 9.17) is 5.73 Å². The molecule has 0 saturated heterocycles. The van der Waals surface area contributed by atoms with Gasteiger partial charge in [-0.25, -0.2) is 8.42 Å². The first-order chi connectivity index (χ1) is 9.54. The van der Waals surface area contributed by atoms with Crippen molar-refractivity contribution < 1.29 is 8.42 Å². The Morgan fingerprint density at radius 3 is 2.30 bits per heavy atom. The van der Waals surface area contributed by atoms with Crippen molar-refractivity contribution in [1.29, 1.82) is 0 Å². The van der Waals surface area contributed by atoms with Crippen molar-refractivity contribution in [3.8, 4) is 11.1 Å². The summed E-state index contributed by atoms with van der Waals surface area (Å²) in [6.07, 6.45) is 1.50. The van der Waals surface area contributed by atoms with Crippen LogP contribution in [0.3, 0.4) is 0 Å². The Labute approximate surface area is 120 Å². The number of sulfone groups is 1. The van der Waals surface area contributed by atoms with Crippen molar-refractivity contribution >= 4 is 15.5 Å². The lowest BCUT2D eigenvalue weighted by atomic mass is 10.1. The predicted octanol–water partition coefficient (Wildman–Crippen LogP) is 3.51. The van der Waals surface area contributed by atoms with Gasteiger partial charge in [-0.2, -0.15) is 0 Å². The summed E-state index contributed by atoms with van der Waals surface area (Å²) in [5.41, 5.74) is 8.21. The van der Waals surface area contributed by atoms with Crippen LogP contribution in [0.4, 0.5) is 5.69 Å². The van der Waals surface area contributed by atoms with Crippen molar-refractivity contribution in [3.63, 3.8) is 0 Å². The molecule has 0 aliphatic rings. The fraction of sp³-hybridized carbons (Fsp3) is 0.250. The molecule has 2 aromatic rings. The maximum Gasteiger partial charge on any atom is 0.180 e. The normalized spacial score (nSPS) is 11.4. The third-order valence-corrected chi connectivity index (χ3v) is 5.09. The molecule has 0 atom stereocenters. The number of nitrogens with two attached hydrogens (primary N) is 1. The number of hydrogen-bond donors (Lipinski definition) is 1. The quantitative estimate of drug-likeness (QED) is 0.857. The van der Waals surface area contributed by atoms with Gasteiger partial charge in [0.2, 0.25) is 0 Å². The molecule has 0 spiro atoms. The monoisotopic (exact) mass is 289 g/mol. The molecule has 0 aromatic heterocycles. The molecule has 106 valence electrons. The van der Waals surface area contributed by atoms with Crippen LogP contribution in [0.25, 0.3) is 11.1 Å². The van der Waals surface area contributed by atoms with E-state index in [1.807, 2.05) is 43.3 Å². The molecule has 3 nitrogen and oxygen atoms in total. The lowest BCUT2D eigenvalue weighted by Gasteiger charge is -2.09. The molecule has 0 bridgehead atoms. The Morgan fingerprint density at radius 2 is 1.70 bits per heavy atom. The number of hydrogen-bond acceptors (Lipinski definition) is 3. The molecule has 0 radical (unpaired) electrons. The van der Waals surface area contributed by atoms with Gasteiger partial charge in [-0.15, -0.1) is 0 Å². The van der Waals surface area contributed by atoms with Crippen LogP contribution in [0.15, 0.2) is 53.4 Å². The maximum atomic E-state index is 12.2. The van der Waals surface area contributed by atoms with Gasteiger partial charge in [0, 0.05) is 0 Å². The summed E-state index contributed by atoms with van der Waals surface area (Å²) in [5.74, 6) is 0.151. The minimum Gasteiger partial charge on any atom is -0.398 e. The van der Waals surface area contributed by atoms with Gasteiger partial charge in [0.05, 0.1) is 16.3 Å². The van der Waals surface area contributed by atoms with Crippen LogP contribution in [0.1, 0.15) is 19.8 Å². The Morgan fingerprint density at radius 1 is 1.00 bits per heavy atom. The third-order valence-electron chi connectivity index (χ3n) is 3.22. The molecule has 2 rings (SSSR count). The van der Waals surface area contributed by atoms with Gasteiger partial charge in [-0.3, -0.25) is 0 Å². The van der Waals surface area contributed by atoms with Crippen molar-refractivity contribution in [2.45, 2.75) is 24.7 Å². The lowest BCUT2D eigenvalue weighted by Crippen LogP contribution is -2.09. The Hall–Kier alpha value is -1.81. The minimum atomic E-state index is -3.28. The van der Waals surface area contributed by atoms with Crippen LogP contribution >= 0.6 is 0 Å². The molecule has 0 heterocycles. The summed E-state index contributed by atoms with van der Waals surface area (Å²) in [5, 5.41) is 0. The van der Waals surface area contributed by atoms with Crippen molar-refractivity contribution in [1.82, 2.24) is 0 Å². The SMILES string of the molecule is CCCCS(=O)(=O)c1ccc(-c2ccccc2)cc1N. The molecular weight excluding hydrogens is 270 g/mol. The standard InChI is InChI=1S/C16H19NO2S/c1-2-3-11-20(18,19)16-10-9-14(12-15(16)17)13-7-5-4-6-8-13/h4-10,12H,2-3,11,17H2,1H3. The highest BCUT2D eigenvalue weighted by Crippen LogP contribution is 2.27. The molecule has 0 aliphatic carbocycles. The summed E-state index contributed by atoms with van der Waals surface area (Å²) < 4.78 is 24.4. The maximum absolute atomic E-state index is 12.2. The van der Waals surface area contributed by atoms with Crippen molar-refractivity contribution in [2.75, 3.05) is 11.5 Å². The van der Waals surface area contributed by atoms with Crippen LogP contribution in [0.2, 0.25) is 0 Å². The highest BCUT2D eigenvalue weighted by molar-refractivity contribution is 7.91. The van der Waals surface area contributed by atoms with E-state index in [1.165, 1.54) is 0 Å². The molecule has 4 heteroatoms. The fourth-order valence-electron chi connectivity index (χ4n) is 2.09. The predicted molar refractivity (Wildman–Crippen MR) is 83.3 cm³/mol. The molecule has 0 amide bonds. The summed E-state index contributed by atoms with van der Waals surface area (Å²) in [7, 11) is -3.28.